The van der Waals surface area contributed by atoms with Crippen LogP contribution in [0.2, 0.25) is 0 Å². The van der Waals surface area contributed by atoms with E-state index < -0.39 is 0 Å². The van der Waals surface area contributed by atoms with E-state index in [9.17, 15) is 0 Å². The monoisotopic (exact) mass is 278 g/mol. The SMILES string of the molecule is CCNc1ncnc(-c2cccc3cccnc23)c1CC. The minimum atomic E-state index is 0.844. The molecule has 0 saturated heterocycles. The molecule has 0 amide bonds. The third-order valence-electron chi connectivity index (χ3n) is 3.53. The van der Waals surface area contributed by atoms with Crippen molar-refractivity contribution in [3.05, 3.63) is 48.4 Å². The molecule has 0 saturated carbocycles. The van der Waals surface area contributed by atoms with Crippen molar-refractivity contribution in [2.75, 3.05) is 11.9 Å². The zero-order valence-electron chi connectivity index (χ0n) is 12.3. The zero-order valence-corrected chi connectivity index (χ0v) is 12.3. The minimum Gasteiger partial charge on any atom is -0.370 e. The van der Waals surface area contributed by atoms with E-state index in [1.54, 1.807) is 6.33 Å². The number of nitrogens with zero attached hydrogens (tertiary/aromatic N) is 3. The molecular formula is C17H18N4. The van der Waals surface area contributed by atoms with Crippen LogP contribution < -0.4 is 5.32 Å². The van der Waals surface area contributed by atoms with Gasteiger partial charge in [-0.2, -0.15) is 0 Å². The molecule has 0 atom stereocenters. The molecular weight excluding hydrogens is 260 g/mol. The number of anilines is 1. The zero-order chi connectivity index (χ0) is 14.7. The Morgan fingerprint density at radius 3 is 2.67 bits per heavy atom. The van der Waals surface area contributed by atoms with Gasteiger partial charge in [0.25, 0.3) is 0 Å². The van der Waals surface area contributed by atoms with Gasteiger partial charge in [-0.3, -0.25) is 4.98 Å². The van der Waals surface area contributed by atoms with Crippen molar-refractivity contribution in [2.45, 2.75) is 20.3 Å². The van der Waals surface area contributed by atoms with Crippen LogP contribution in [0.25, 0.3) is 22.2 Å². The minimum absolute atomic E-state index is 0.844. The second-order valence-electron chi connectivity index (χ2n) is 4.81. The Hall–Kier alpha value is -2.49. The molecule has 0 aliphatic heterocycles. The van der Waals surface area contributed by atoms with Crippen molar-refractivity contribution in [1.82, 2.24) is 15.0 Å². The maximum absolute atomic E-state index is 4.53. The van der Waals surface area contributed by atoms with Crippen molar-refractivity contribution in [3.8, 4) is 11.3 Å². The van der Waals surface area contributed by atoms with Crippen LogP contribution in [0.15, 0.2) is 42.9 Å². The van der Waals surface area contributed by atoms with Gasteiger partial charge in [-0.05, 0) is 19.4 Å². The summed E-state index contributed by atoms with van der Waals surface area (Å²) in [6, 6.07) is 10.2. The number of aromatic nitrogens is 3. The van der Waals surface area contributed by atoms with Crippen LogP contribution >= 0.6 is 0 Å². The Kier molecular flexibility index (Phi) is 3.77. The first-order valence-corrected chi connectivity index (χ1v) is 7.27. The van der Waals surface area contributed by atoms with Crippen LogP contribution in [0.5, 0.6) is 0 Å². The highest BCUT2D eigenvalue weighted by Crippen LogP contribution is 2.30. The quantitative estimate of drug-likeness (QED) is 0.791. The highest BCUT2D eigenvalue weighted by Gasteiger charge is 2.13. The van der Waals surface area contributed by atoms with E-state index in [2.05, 4.69) is 52.3 Å². The average Bonchev–Trinajstić information content (AvgIpc) is 2.54. The summed E-state index contributed by atoms with van der Waals surface area (Å²) >= 11 is 0. The fraction of sp³-hybridized carbons (Fsp3) is 0.235. The van der Waals surface area contributed by atoms with E-state index in [1.807, 2.05) is 18.3 Å². The van der Waals surface area contributed by atoms with E-state index in [1.165, 1.54) is 0 Å². The first kappa shape index (κ1) is 13.5. The molecule has 3 aromatic rings. The molecule has 1 N–H and O–H groups in total. The molecule has 0 aliphatic rings. The topological polar surface area (TPSA) is 50.7 Å². The number of benzene rings is 1. The van der Waals surface area contributed by atoms with Gasteiger partial charge in [-0.25, -0.2) is 9.97 Å². The van der Waals surface area contributed by atoms with Gasteiger partial charge >= 0.3 is 0 Å². The molecule has 3 rings (SSSR count). The van der Waals surface area contributed by atoms with Crippen LogP contribution in [0.1, 0.15) is 19.4 Å². The summed E-state index contributed by atoms with van der Waals surface area (Å²) in [6.45, 7) is 5.04. The van der Waals surface area contributed by atoms with Gasteiger partial charge in [0, 0.05) is 29.3 Å². The fourth-order valence-electron chi connectivity index (χ4n) is 2.59. The van der Waals surface area contributed by atoms with E-state index in [0.29, 0.717) is 0 Å². The Balaban J connectivity index is 2.25. The summed E-state index contributed by atoms with van der Waals surface area (Å²) in [5.74, 6) is 0.915. The smallest absolute Gasteiger partial charge is 0.133 e. The Morgan fingerprint density at radius 1 is 1.00 bits per heavy atom. The summed E-state index contributed by atoms with van der Waals surface area (Å²) in [7, 11) is 0. The van der Waals surface area contributed by atoms with Gasteiger partial charge in [0.2, 0.25) is 0 Å². The first-order valence-electron chi connectivity index (χ1n) is 7.27. The molecule has 106 valence electrons. The van der Waals surface area contributed by atoms with E-state index in [4.69, 9.17) is 0 Å². The van der Waals surface area contributed by atoms with Gasteiger partial charge in [-0.1, -0.05) is 31.2 Å². The molecule has 4 nitrogen and oxygen atoms in total. The summed E-state index contributed by atoms with van der Waals surface area (Å²) in [4.78, 5) is 13.4. The van der Waals surface area contributed by atoms with Gasteiger partial charge < -0.3 is 5.32 Å². The summed E-state index contributed by atoms with van der Waals surface area (Å²) in [5.41, 5.74) is 4.15. The molecule has 0 spiro atoms. The van der Waals surface area contributed by atoms with Crippen LogP contribution in [0.4, 0.5) is 5.82 Å². The summed E-state index contributed by atoms with van der Waals surface area (Å²) in [6.07, 6.45) is 4.32. The Labute approximate surface area is 124 Å². The normalized spacial score (nSPS) is 10.8. The number of nitrogens with one attached hydrogen (secondary N) is 1. The van der Waals surface area contributed by atoms with E-state index in [0.717, 1.165) is 46.5 Å². The predicted octanol–water partition coefficient (Wildman–Crippen LogP) is 3.69. The maximum Gasteiger partial charge on any atom is 0.133 e. The number of hydrogen-bond acceptors (Lipinski definition) is 4. The lowest BCUT2D eigenvalue weighted by molar-refractivity contribution is 1.03. The number of rotatable bonds is 4. The standard InChI is InChI=1S/C17H18N4/c1-3-13-16(20-11-21-17(13)18-4-2)14-9-5-7-12-8-6-10-19-15(12)14/h5-11H,3-4H2,1-2H3,(H,18,20,21). The van der Waals surface area contributed by atoms with Gasteiger partial charge in [0.1, 0.15) is 12.1 Å². The fourth-order valence-corrected chi connectivity index (χ4v) is 2.59. The predicted molar refractivity (Wildman–Crippen MR) is 86.3 cm³/mol. The van der Waals surface area contributed by atoms with Crippen molar-refractivity contribution in [3.63, 3.8) is 0 Å². The highest BCUT2D eigenvalue weighted by atomic mass is 15.0. The number of pyridine rings is 1. The average molecular weight is 278 g/mol. The molecule has 2 heterocycles. The molecule has 1 aromatic carbocycles. The molecule has 0 unspecified atom stereocenters. The Bertz CT molecular complexity index is 762. The third kappa shape index (κ3) is 2.44. The second-order valence-corrected chi connectivity index (χ2v) is 4.81. The Morgan fingerprint density at radius 2 is 1.86 bits per heavy atom. The lowest BCUT2D eigenvalue weighted by Gasteiger charge is -2.13. The van der Waals surface area contributed by atoms with Gasteiger partial charge in [0.15, 0.2) is 0 Å². The molecule has 0 radical (unpaired) electrons. The number of fused-ring (bicyclic) bond motifs is 1. The van der Waals surface area contributed by atoms with Crippen LogP contribution in [-0.2, 0) is 6.42 Å². The van der Waals surface area contributed by atoms with E-state index >= 15 is 0 Å². The lowest BCUT2D eigenvalue weighted by Crippen LogP contribution is -2.06. The van der Waals surface area contributed by atoms with Crippen molar-refractivity contribution in [1.29, 1.82) is 0 Å². The molecule has 2 aromatic heterocycles. The summed E-state index contributed by atoms with van der Waals surface area (Å²) in [5, 5.41) is 4.44. The number of para-hydroxylation sites is 1. The highest BCUT2D eigenvalue weighted by molar-refractivity contribution is 5.93. The second kappa shape index (κ2) is 5.87. The third-order valence-corrected chi connectivity index (χ3v) is 3.53. The van der Waals surface area contributed by atoms with Gasteiger partial charge in [-0.15, -0.1) is 0 Å². The molecule has 0 aliphatic carbocycles. The number of hydrogen-bond donors (Lipinski definition) is 1. The van der Waals surface area contributed by atoms with Gasteiger partial charge in [0.05, 0.1) is 11.2 Å². The maximum atomic E-state index is 4.53. The first-order chi connectivity index (χ1) is 10.3. The molecule has 21 heavy (non-hydrogen) atoms. The van der Waals surface area contributed by atoms with Crippen molar-refractivity contribution < 1.29 is 0 Å². The molecule has 0 bridgehead atoms. The van der Waals surface area contributed by atoms with Crippen LogP contribution in [0, 0.1) is 0 Å². The lowest BCUT2D eigenvalue weighted by atomic mass is 10.0. The van der Waals surface area contributed by atoms with Crippen molar-refractivity contribution >= 4 is 16.7 Å². The van der Waals surface area contributed by atoms with E-state index in [-0.39, 0.29) is 0 Å². The van der Waals surface area contributed by atoms with Crippen LogP contribution in [-0.4, -0.2) is 21.5 Å². The molecule has 0 fully saturated rings. The van der Waals surface area contributed by atoms with Crippen molar-refractivity contribution in [2.24, 2.45) is 0 Å². The van der Waals surface area contributed by atoms with Crippen LogP contribution in [0.3, 0.4) is 0 Å². The summed E-state index contributed by atoms with van der Waals surface area (Å²) < 4.78 is 0. The molecule has 4 heteroatoms. The largest absolute Gasteiger partial charge is 0.370 e.